The highest BCUT2D eigenvalue weighted by Crippen LogP contribution is 2.28. The van der Waals surface area contributed by atoms with E-state index in [9.17, 15) is 13.2 Å². The summed E-state index contributed by atoms with van der Waals surface area (Å²) in [4.78, 5) is 3.64. The van der Waals surface area contributed by atoms with E-state index in [2.05, 4.69) is 4.98 Å². The van der Waals surface area contributed by atoms with E-state index < -0.39 is 17.8 Å². The molecule has 1 aromatic rings. The van der Waals surface area contributed by atoms with Crippen molar-refractivity contribution in [2.75, 3.05) is 13.7 Å². The molecule has 84 valence electrons. The molecule has 0 amide bonds. The highest BCUT2D eigenvalue weighted by molar-refractivity contribution is 5.18. The molecule has 0 aliphatic carbocycles. The van der Waals surface area contributed by atoms with Gasteiger partial charge in [0.15, 0.2) is 0 Å². The Bertz CT molecular complexity index is 310. The molecule has 0 fully saturated rings. The molecule has 15 heavy (non-hydrogen) atoms. The normalized spacial score (nSPS) is 13.9. The third-order valence-corrected chi connectivity index (χ3v) is 1.84. The molecule has 1 rings (SSSR count). The topological polar surface area (TPSA) is 48.1 Å². The number of pyridine rings is 1. The Labute approximate surface area is 85.1 Å². The van der Waals surface area contributed by atoms with Crippen molar-refractivity contribution in [1.29, 1.82) is 0 Å². The van der Waals surface area contributed by atoms with E-state index >= 15 is 0 Å². The minimum Gasteiger partial charge on any atom is -0.383 e. The molecule has 0 saturated heterocycles. The van der Waals surface area contributed by atoms with Crippen LogP contribution < -0.4 is 5.73 Å². The van der Waals surface area contributed by atoms with Crippen LogP contribution in [0.5, 0.6) is 0 Å². The van der Waals surface area contributed by atoms with Crippen LogP contribution in [0.15, 0.2) is 18.3 Å². The zero-order valence-corrected chi connectivity index (χ0v) is 8.08. The van der Waals surface area contributed by atoms with Crippen LogP contribution in [0.3, 0.4) is 0 Å². The molecule has 2 N–H and O–H groups in total. The van der Waals surface area contributed by atoms with E-state index in [1.165, 1.54) is 13.2 Å². The van der Waals surface area contributed by atoms with Gasteiger partial charge in [0, 0.05) is 13.3 Å². The third-order valence-electron chi connectivity index (χ3n) is 1.84. The van der Waals surface area contributed by atoms with E-state index in [4.69, 9.17) is 10.5 Å². The van der Waals surface area contributed by atoms with E-state index in [0.717, 1.165) is 12.3 Å². The van der Waals surface area contributed by atoms with Gasteiger partial charge in [-0.2, -0.15) is 13.2 Å². The summed E-state index contributed by atoms with van der Waals surface area (Å²) < 4.78 is 41.3. The Morgan fingerprint density at radius 1 is 1.47 bits per heavy atom. The number of methoxy groups -OCH3 is 1. The maximum atomic E-state index is 12.2. The van der Waals surface area contributed by atoms with Crippen molar-refractivity contribution in [3.8, 4) is 0 Å². The molecular weight excluding hydrogens is 209 g/mol. The molecular formula is C9H11F3N2O. The van der Waals surface area contributed by atoms with E-state index in [-0.39, 0.29) is 6.61 Å². The summed E-state index contributed by atoms with van der Waals surface area (Å²) in [6.07, 6.45) is -3.60. The molecule has 0 saturated carbocycles. The zero-order chi connectivity index (χ0) is 11.5. The van der Waals surface area contributed by atoms with Gasteiger partial charge in [0.05, 0.1) is 23.9 Å². The number of alkyl halides is 3. The Morgan fingerprint density at radius 3 is 2.53 bits per heavy atom. The number of nitrogens with zero attached hydrogens (tertiary/aromatic N) is 1. The van der Waals surface area contributed by atoms with Crippen molar-refractivity contribution in [1.82, 2.24) is 4.98 Å². The van der Waals surface area contributed by atoms with Crippen LogP contribution in [0.2, 0.25) is 0 Å². The lowest BCUT2D eigenvalue weighted by Gasteiger charge is -2.11. The van der Waals surface area contributed by atoms with E-state index in [1.807, 2.05) is 0 Å². The Balaban J connectivity index is 2.81. The molecule has 0 radical (unpaired) electrons. The molecule has 0 aliphatic heterocycles. The summed E-state index contributed by atoms with van der Waals surface area (Å²) in [5, 5.41) is 0. The van der Waals surface area contributed by atoms with Crippen LogP contribution in [0, 0.1) is 0 Å². The number of hydrogen-bond donors (Lipinski definition) is 1. The zero-order valence-electron chi connectivity index (χ0n) is 8.08. The molecule has 6 heteroatoms. The van der Waals surface area contributed by atoms with Gasteiger partial charge in [-0.3, -0.25) is 4.98 Å². The summed E-state index contributed by atoms with van der Waals surface area (Å²) in [7, 11) is 1.46. The number of rotatable bonds is 3. The van der Waals surface area contributed by atoms with Gasteiger partial charge in [-0.05, 0) is 12.1 Å². The van der Waals surface area contributed by atoms with E-state index in [0.29, 0.717) is 5.69 Å². The summed E-state index contributed by atoms with van der Waals surface area (Å²) in [6.45, 7) is 0.221. The van der Waals surface area contributed by atoms with Gasteiger partial charge in [-0.15, -0.1) is 0 Å². The lowest BCUT2D eigenvalue weighted by Crippen LogP contribution is -2.18. The first-order chi connectivity index (χ1) is 6.95. The highest BCUT2D eigenvalue weighted by atomic mass is 19.4. The van der Waals surface area contributed by atoms with Crippen LogP contribution in [-0.2, 0) is 10.9 Å². The van der Waals surface area contributed by atoms with Gasteiger partial charge in [-0.25, -0.2) is 0 Å². The number of ether oxygens (including phenoxy) is 1. The summed E-state index contributed by atoms with van der Waals surface area (Å²) in [6, 6.07) is 1.71. The Kier molecular flexibility index (Phi) is 3.65. The molecule has 1 aromatic heterocycles. The minimum absolute atomic E-state index is 0.221. The second kappa shape index (κ2) is 4.59. The van der Waals surface area contributed by atoms with Crippen molar-refractivity contribution >= 4 is 0 Å². The van der Waals surface area contributed by atoms with Crippen LogP contribution in [-0.4, -0.2) is 18.7 Å². The SMILES string of the molecule is COCC(N)c1ccc(C(F)(F)F)cn1. The van der Waals surface area contributed by atoms with Crippen molar-refractivity contribution in [2.24, 2.45) is 5.73 Å². The van der Waals surface area contributed by atoms with Crippen LogP contribution in [0.25, 0.3) is 0 Å². The fourth-order valence-corrected chi connectivity index (χ4v) is 1.06. The second-order valence-corrected chi connectivity index (χ2v) is 3.03. The maximum Gasteiger partial charge on any atom is 0.417 e. The quantitative estimate of drug-likeness (QED) is 0.844. The van der Waals surface area contributed by atoms with Crippen LogP contribution in [0.1, 0.15) is 17.3 Å². The molecule has 0 aromatic carbocycles. The first kappa shape index (κ1) is 11.9. The maximum absolute atomic E-state index is 12.2. The van der Waals surface area contributed by atoms with Gasteiger partial charge in [0.1, 0.15) is 0 Å². The first-order valence-corrected chi connectivity index (χ1v) is 4.23. The van der Waals surface area contributed by atoms with Crippen LogP contribution >= 0.6 is 0 Å². The lowest BCUT2D eigenvalue weighted by atomic mass is 10.2. The predicted molar refractivity (Wildman–Crippen MR) is 48.0 cm³/mol. The molecule has 0 bridgehead atoms. The third kappa shape index (κ3) is 3.17. The fourth-order valence-electron chi connectivity index (χ4n) is 1.06. The molecule has 1 heterocycles. The van der Waals surface area contributed by atoms with Crippen molar-refractivity contribution in [2.45, 2.75) is 12.2 Å². The minimum atomic E-state index is -4.36. The van der Waals surface area contributed by atoms with Crippen molar-refractivity contribution in [3.05, 3.63) is 29.6 Å². The lowest BCUT2D eigenvalue weighted by molar-refractivity contribution is -0.137. The number of nitrogens with two attached hydrogens (primary N) is 1. The van der Waals surface area contributed by atoms with Gasteiger partial charge in [0.2, 0.25) is 0 Å². The smallest absolute Gasteiger partial charge is 0.383 e. The average Bonchev–Trinajstić information content (AvgIpc) is 2.17. The van der Waals surface area contributed by atoms with E-state index in [1.54, 1.807) is 0 Å². The highest BCUT2D eigenvalue weighted by Gasteiger charge is 2.30. The van der Waals surface area contributed by atoms with Gasteiger partial charge >= 0.3 is 6.18 Å². The van der Waals surface area contributed by atoms with Gasteiger partial charge in [0.25, 0.3) is 0 Å². The second-order valence-electron chi connectivity index (χ2n) is 3.03. The van der Waals surface area contributed by atoms with Crippen LogP contribution in [0.4, 0.5) is 13.2 Å². The Morgan fingerprint density at radius 2 is 2.13 bits per heavy atom. The average molecular weight is 220 g/mol. The summed E-state index contributed by atoms with van der Waals surface area (Å²) in [5.74, 6) is 0. The summed E-state index contributed by atoms with van der Waals surface area (Å²) in [5.41, 5.74) is 5.19. The largest absolute Gasteiger partial charge is 0.417 e. The molecule has 1 unspecified atom stereocenters. The molecule has 1 atom stereocenters. The monoisotopic (exact) mass is 220 g/mol. The number of halogens is 3. The fraction of sp³-hybridized carbons (Fsp3) is 0.444. The number of hydrogen-bond acceptors (Lipinski definition) is 3. The molecule has 0 aliphatic rings. The van der Waals surface area contributed by atoms with Crippen molar-refractivity contribution < 1.29 is 17.9 Å². The van der Waals surface area contributed by atoms with Gasteiger partial charge < -0.3 is 10.5 Å². The summed E-state index contributed by atoms with van der Waals surface area (Å²) >= 11 is 0. The van der Waals surface area contributed by atoms with Crippen molar-refractivity contribution in [3.63, 3.8) is 0 Å². The van der Waals surface area contributed by atoms with Gasteiger partial charge in [-0.1, -0.05) is 0 Å². The Hall–Kier alpha value is -1.14. The molecule has 3 nitrogen and oxygen atoms in total. The first-order valence-electron chi connectivity index (χ1n) is 4.23. The predicted octanol–water partition coefficient (Wildman–Crippen LogP) is 1.75. The molecule has 0 spiro atoms. The standard InChI is InChI=1S/C9H11F3N2O/c1-15-5-7(13)8-3-2-6(4-14-8)9(10,11)12/h2-4,7H,5,13H2,1H3. The number of aromatic nitrogens is 1.